The minimum absolute atomic E-state index is 0.188. The SMILES string of the molecule is Cc1cccc(CN2C(=O)C(C)N(c3ccc(Cl)cc3)C2=O)c1. The van der Waals surface area contributed by atoms with Crippen molar-refractivity contribution >= 4 is 29.2 Å². The number of imide groups is 1. The summed E-state index contributed by atoms with van der Waals surface area (Å²) in [6.07, 6.45) is 0. The van der Waals surface area contributed by atoms with Crippen LogP contribution in [-0.2, 0) is 11.3 Å². The second-order valence-corrected chi connectivity index (χ2v) is 6.15. The summed E-state index contributed by atoms with van der Waals surface area (Å²) in [4.78, 5) is 28.0. The van der Waals surface area contributed by atoms with Crippen LogP contribution in [0.2, 0.25) is 5.02 Å². The van der Waals surface area contributed by atoms with Crippen LogP contribution in [-0.4, -0.2) is 22.9 Å². The van der Waals surface area contributed by atoms with E-state index in [0.717, 1.165) is 11.1 Å². The molecule has 2 aromatic rings. The minimum atomic E-state index is -0.520. The summed E-state index contributed by atoms with van der Waals surface area (Å²) in [5.74, 6) is -0.188. The zero-order valence-electron chi connectivity index (χ0n) is 13.0. The molecule has 1 unspecified atom stereocenters. The summed E-state index contributed by atoms with van der Waals surface area (Å²) in [5, 5.41) is 0.594. The van der Waals surface area contributed by atoms with Gasteiger partial charge in [0, 0.05) is 10.7 Å². The number of rotatable bonds is 3. The molecule has 0 aliphatic carbocycles. The standard InChI is InChI=1S/C18H17ClN2O2/c1-12-4-3-5-14(10-12)11-20-17(22)13(2)21(18(20)23)16-8-6-15(19)7-9-16/h3-10,13H,11H2,1-2H3. The molecule has 1 atom stereocenters. The number of halogens is 1. The van der Waals surface area contributed by atoms with Crippen LogP contribution in [0.4, 0.5) is 10.5 Å². The zero-order chi connectivity index (χ0) is 16.6. The third-order valence-electron chi connectivity index (χ3n) is 3.98. The van der Waals surface area contributed by atoms with E-state index < -0.39 is 6.04 Å². The number of hydrogen-bond donors (Lipinski definition) is 0. The molecule has 4 nitrogen and oxygen atoms in total. The molecule has 118 valence electrons. The van der Waals surface area contributed by atoms with Crippen LogP contribution < -0.4 is 4.90 Å². The Morgan fingerprint density at radius 2 is 1.78 bits per heavy atom. The van der Waals surface area contributed by atoms with Crippen molar-refractivity contribution in [3.8, 4) is 0 Å². The Bertz CT molecular complexity index is 758. The van der Waals surface area contributed by atoms with E-state index >= 15 is 0 Å². The van der Waals surface area contributed by atoms with E-state index in [1.165, 1.54) is 9.80 Å². The van der Waals surface area contributed by atoms with Gasteiger partial charge in [-0.25, -0.2) is 4.79 Å². The van der Waals surface area contributed by atoms with Crippen LogP contribution in [0.1, 0.15) is 18.1 Å². The molecule has 0 radical (unpaired) electrons. The molecule has 0 N–H and O–H groups in total. The van der Waals surface area contributed by atoms with Crippen molar-refractivity contribution in [2.45, 2.75) is 26.4 Å². The predicted molar refractivity (Wildman–Crippen MR) is 90.5 cm³/mol. The lowest BCUT2D eigenvalue weighted by Gasteiger charge is -2.19. The number of carbonyl (C=O) groups excluding carboxylic acids is 2. The van der Waals surface area contributed by atoms with Crippen molar-refractivity contribution in [2.24, 2.45) is 0 Å². The van der Waals surface area contributed by atoms with E-state index in [0.29, 0.717) is 10.7 Å². The Hall–Kier alpha value is -2.33. The Morgan fingerprint density at radius 1 is 1.09 bits per heavy atom. The van der Waals surface area contributed by atoms with Crippen LogP contribution in [0.15, 0.2) is 48.5 Å². The van der Waals surface area contributed by atoms with Crippen LogP contribution in [0.5, 0.6) is 0 Å². The van der Waals surface area contributed by atoms with Gasteiger partial charge in [0.05, 0.1) is 6.54 Å². The van der Waals surface area contributed by atoms with Gasteiger partial charge >= 0.3 is 6.03 Å². The molecule has 0 aromatic heterocycles. The van der Waals surface area contributed by atoms with Gasteiger partial charge in [0.25, 0.3) is 5.91 Å². The van der Waals surface area contributed by atoms with Crippen molar-refractivity contribution in [3.05, 3.63) is 64.7 Å². The van der Waals surface area contributed by atoms with Gasteiger partial charge in [-0.2, -0.15) is 0 Å². The molecular weight excluding hydrogens is 312 g/mol. The van der Waals surface area contributed by atoms with E-state index in [2.05, 4.69) is 0 Å². The summed E-state index contributed by atoms with van der Waals surface area (Å²) in [5.41, 5.74) is 2.72. The molecule has 1 heterocycles. The number of aryl methyl sites for hydroxylation is 1. The van der Waals surface area contributed by atoms with Crippen molar-refractivity contribution in [2.75, 3.05) is 4.90 Å². The molecule has 2 aromatic carbocycles. The van der Waals surface area contributed by atoms with Crippen LogP contribution in [0, 0.1) is 6.92 Å². The van der Waals surface area contributed by atoms with Crippen LogP contribution in [0.3, 0.4) is 0 Å². The van der Waals surface area contributed by atoms with Gasteiger partial charge in [-0.15, -0.1) is 0 Å². The second-order valence-electron chi connectivity index (χ2n) is 5.72. The summed E-state index contributed by atoms with van der Waals surface area (Å²) < 4.78 is 0. The number of benzene rings is 2. The Labute approximate surface area is 140 Å². The lowest BCUT2D eigenvalue weighted by Crippen LogP contribution is -2.33. The van der Waals surface area contributed by atoms with Gasteiger partial charge in [-0.1, -0.05) is 41.4 Å². The van der Waals surface area contributed by atoms with Crippen molar-refractivity contribution in [1.82, 2.24) is 4.90 Å². The highest BCUT2D eigenvalue weighted by molar-refractivity contribution is 6.30. The van der Waals surface area contributed by atoms with Crippen molar-refractivity contribution in [3.63, 3.8) is 0 Å². The van der Waals surface area contributed by atoms with E-state index in [-0.39, 0.29) is 18.5 Å². The minimum Gasteiger partial charge on any atom is -0.282 e. The molecule has 1 aliphatic heterocycles. The Morgan fingerprint density at radius 3 is 2.43 bits per heavy atom. The summed E-state index contributed by atoms with van der Waals surface area (Å²) in [6, 6.07) is 13.9. The molecule has 3 amide bonds. The highest BCUT2D eigenvalue weighted by Gasteiger charge is 2.43. The summed E-state index contributed by atoms with van der Waals surface area (Å²) in [6.45, 7) is 4.01. The van der Waals surface area contributed by atoms with E-state index in [9.17, 15) is 9.59 Å². The molecular formula is C18H17ClN2O2. The molecule has 23 heavy (non-hydrogen) atoms. The molecule has 1 saturated heterocycles. The quantitative estimate of drug-likeness (QED) is 0.799. The third-order valence-corrected chi connectivity index (χ3v) is 4.23. The number of nitrogens with zero attached hydrogens (tertiary/aromatic N) is 2. The highest BCUT2D eigenvalue weighted by atomic mass is 35.5. The first kappa shape index (κ1) is 15.6. The number of carbonyl (C=O) groups is 2. The summed E-state index contributed by atoms with van der Waals surface area (Å²) in [7, 11) is 0. The van der Waals surface area contributed by atoms with Crippen molar-refractivity contribution in [1.29, 1.82) is 0 Å². The number of anilines is 1. The Balaban J connectivity index is 1.87. The lowest BCUT2D eigenvalue weighted by molar-refractivity contribution is -0.127. The molecule has 1 fully saturated rings. The average molecular weight is 329 g/mol. The lowest BCUT2D eigenvalue weighted by atomic mass is 10.1. The molecule has 0 bridgehead atoms. The predicted octanol–water partition coefficient (Wildman–Crippen LogP) is 4.01. The topological polar surface area (TPSA) is 40.6 Å². The van der Waals surface area contributed by atoms with Crippen molar-refractivity contribution < 1.29 is 9.59 Å². The monoisotopic (exact) mass is 328 g/mol. The fourth-order valence-corrected chi connectivity index (χ4v) is 2.93. The maximum absolute atomic E-state index is 12.7. The molecule has 1 aliphatic rings. The average Bonchev–Trinajstić information content (AvgIpc) is 2.73. The number of hydrogen-bond acceptors (Lipinski definition) is 2. The van der Waals surface area contributed by atoms with Gasteiger partial charge in [0.2, 0.25) is 0 Å². The maximum Gasteiger partial charge on any atom is 0.332 e. The fraction of sp³-hybridized carbons (Fsp3) is 0.222. The van der Waals surface area contributed by atoms with Gasteiger partial charge < -0.3 is 0 Å². The zero-order valence-corrected chi connectivity index (χ0v) is 13.7. The van der Waals surface area contributed by atoms with Gasteiger partial charge in [-0.3, -0.25) is 14.6 Å². The van der Waals surface area contributed by atoms with Crippen LogP contribution in [0.25, 0.3) is 0 Å². The van der Waals surface area contributed by atoms with Gasteiger partial charge in [-0.05, 0) is 43.7 Å². The number of amides is 3. The normalized spacial score (nSPS) is 18.0. The number of urea groups is 1. The van der Waals surface area contributed by atoms with E-state index in [4.69, 9.17) is 11.6 Å². The molecule has 3 rings (SSSR count). The van der Waals surface area contributed by atoms with Gasteiger partial charge in [0.1, 0.15) is 6.04 Å². The Kier molecular flexibility index (Phi) is 4.09. The maximum atomic E-state index is 12.7. The highest BCUT2D eigenvalue weighted by Crippen LogP contribution is 2.28. The first-order valence-corrected chi connectivity index (χ1v) is 7.81. The van der Waals surface area contributed by atoms with E-state index in [1.54, 1.807) is 31.2 Å². The third kappa shape index (κ3) is 2.94. The first-order chi connectivity index (χ1) is 11.0. The second kappa shape index (κ2) is 6.05. The van der Waals surface area contributed by atoms with Crippen LogP contribution >= 0.6 is 11.6 Å². The first-order valence-electron chi connectivity index (χ1n) is 7.43. The largest absolute Gasteiger partial charge is 0.332 e. The van der Waals surface area contributed by atoms with E-state index in [1.807, 2.05) is 31.2 Å². The fourth-order valence-electron chi connectivity index (χ4n) is 2.80. The summed E-state index contributed by atoms with van der Waals surface area (Å²) >= 11 is 5.89. The van der Waals surface area contributed by atoms with Gasteiger partial charge in [0.15, 0.2) is 0 Å². The molecule has 0 spiro atoms. The molecule has 0 saturated carbocycles. The smallest absolute Gasteiger partial charge is 0.282 e. The molecule has 5 heteroatoms.